The van der Waals surface area contributed by atoms with Crippen molar-refractivity contribution in [3.8, 4) is 34.1 Å². The van der Waals surface area contributed by atoms with E-state index in [2.05, 4.69) is 68.4 Å². The van der Waals surface area contributed by atoms with Crippen LogP contribution in [-0.4, -0.2) is 130 Å². The predicted molar refractivity (Wildman–Crippen MR) is 208 cm³/mol. The Kier molecular flexibility index (Phi) is 11.4. The molecular formula is C39H52N12O4. The van der Waals surface area contributed by atoms with E-state index in [1.807, 2.05) is 32.9 Å². The number of amides is 1. The SMILES string of the molecule is Cc1cc(C)c(-c2cnc(N[C@@H]3CCCN(CC(=O)NC4CC(O)(CCc5cc(C)cc(O)c5-c5nnc(N[C@@H]6CCCN(C)C6)nn5)C4)C3)nn2)c(O)c1. The van der Waals surface area contributed by atoms with Gasteiger partial charge in [0.05, 0.1) is 23.9 Å². The van der Waals surface area contributed by atoms with E-state index in [1.165, 1.54) is 0 Å². The van der Waals surface area contributed by atoms with Crippen LogP contribution < -0.4 is 16.0 Å². The first-order chi connectivity index (χ1) is 26.4. The van der Waals surface area contributed by atoms with Gasteiger partial charge in [0.15, 0.2) is 0 Å². The molecule has 0 bridgehead atoms. The number of nitrogens with one attached hydrogen (secondary N) is 3. The summed E-state index contributed by atoms with van der Waals surface area (Å²) in [7, 11) is 2.09. The number of likely N-dealkylation sites (N-methyl/N-ethyl adjacent to an activating group) is 1. The minimum absolute atomic E-state index is 0.0468. The van der Waals surface area contributed by atoms with Gasteiger partial charge in [-0.05, 0) is 127 Å². The number of carbonyl (C=O) groups excluding carboxylic acids is 1. The van der Waals surface area contributed by atoms with Crippen molar-refractivity contribution in [1.29, 1.82) is 0 Å². The van der Waals surface area contributed by atoms with Gasteiger partial charge in [0, 0.05) is 36.8 Å². The van der Waals surface area contributed by atoms with Gasteiger partial charge in [-0.1, -0.05) is 12.1 Å². The van der Waals surface area contributed by atoms with Crippen LogP contribution in [0.3, 0.4) is 0 Å². The number of anilines is 2. The van der Waals surface area contributed by atoms with Gasteiger partial charge in [-0.15, -0.1) is 30.6 Å². The fraction of sp³-hybridized carbons (Fsp3) is 0.538. The Hall–Kier alpha value is -5.06. The Morgan fingerprint density at radius 2 is 1.47 bits per heavy atom. The molecule has 2 saturated heterocycles. The molecule has 2 atom stereocenters. The first-order valence-electron chi connectivity index (χ1n) is 19.3. The number of rotatable bonds is 12. The van der Waals surface area contributed by atoms with Gasteiger partial charge in [-0.25, -0.2) is 4.98 Å². The standard InChI is InChI=1S/C39H52N12O4/c1-23-13-25(3)34(31(52)15-23)30-19-40-37(47-44-30)42-28-8-6-12-51(21-28)22-33(54)41-29-17-39(55,18-29)10-9-26-14-24(2)16-32(53)35(26)36-45-48-38(49-46-36)43-27-7-5-11-50(4)20-27/h13-16,19,27-29,52-53,55H,5-12,17-18,20-22H2,1-4H3,(H,41,54)(H,40,42,47)(H,43,48,49)/t27-,28-,29?,39?/m1/s1. The second kappa shape index (κ2) is 16.4. The maximum Gasteiger partial charge on any atom is 0.262 e. The monoisotopic (exact) mass is 752 g/mol. The van der Waals surface area contributed by atoms with Crippen molar-refractivity contribution < 1.29 is 20.1 Å². The molecule has 0 spiro atoms. The van der Waals surface area contributed by atoms with Gasteiger partial charge in [0.25, 0.3) is 5.95 Å². The second-order valence-corrected chi connectivity index (χ2v) is 15.9. The zero-order valence-corrected chi connectivity index (χ0v) is 32.1. The first-order valence-corrected chi connectivity index (χ1v) is 19.3. The molecule has 1 saturated carbocycles. The number of nitrogens with zero attached hydrogens (tertiary/aromatic N) is 9. The van der Waals surface area contributed by atoms with E-state index in [-0.39, 0.29) is 47.9 Å². The van der Waals surface area contributed by atoms with E-state index in [4.69, 9.17) is 0 Å². The van der Waals surface area contributed by atoms with Crippen molar-refractivity contribution in [2.75, 3.05) is 50.4 Å². The molecule has 1 aliphatic carbocycles. The number of carbonyl (C=O) groups is 1. The van der Waals surface area contributed by atoms with Crippen molar-refractivity contribution in [3.05, 3.63) is 52.7 Å². The zero-order chi connectivity index (χ0) is 38.7. The lowest BCUT2D eigenvalue weighted by atomic mass is 9.72. The Morgan fingerprint density at radius 1 is 0.818 bits per heavy atom. The topological polar surface area (TPSA) is 211 Å². The van der Waals surface area contributed by atoms with Crippen molar-refractivity contribution in [2.24, 2.45) is 0 Å². The number of phenolic OH excluding ortho intramolecular Hbond substituents is 2. The van der Waals surface area contributed by atoms with E-state index in [0.29, 0.717) is 60.9 Å². The summed E-state index contributed by atoms with van der Waals surface area (Å²) in [4.78, 5) is 21.9. The van der Waals surface area contributed by atoms with Crippen molar-refractivity contribution in [1.82, 2.24) is 50.7 Å². The van der Waals surface area contributed by atoms with Gasteiger partial charge >= 0.3 is 0 Å². The highest BCUT2D eigenvalue weighted by Crippen LogP contribution is 2.39. The fourth-order valence-corrected chi connectivity index (χ4v) is 8.39. The molecule has 1 amide bonds. The Bertz CT molecular complexity index is 1950. The van der Waals surface area contributed by atoms with Gasteiger partial charge in [-0.3, -0.25) is 9.69 Å². The van der Waals surface area contributed by atoms with E-state index in [0.717, 1.165) is 67.6 Å². The van der Waals surface area contributed by atoms with Crippen LogP contribution in [0.5, 0.6) is 11.5 Å². The number of hydrogen-bond acceptors (Lipinski definition) is 15. The molecule has 3 aliphatic rings. The van der Waals surface area contributed by atoms with E-state index >= 15 is 0 Å². The van der Waals surface area contributed by atoms with Crippen LogP contribution in [-0.2, 0) is 11.2 Å². The molecule has 16 heteroatoms. The molecule has 2 aliphatic heterocycles. The van der Waals surface area contributed by atoms with Crippen molar-refractivity contribution >= 4 is 17.8 Å². The highest BCUT2D eigenvalue weighted by atomic mass is 16.3. The number of benzene rings is 2. The number of aryl methyl sites for hydroxylation is 4. The summed E-state index contributed by atoms with van der Waals surface area (Å²) in [5.74, 6) is 1.12. The third-order valence-electron chi connectivity index (χ3n) is 11.0. The average molecular weight is 753 g/mol. The van der Waals surface area contributed by atoms with Crippen molar-refractivity contribution in [2.45, 2.75) is 95.9 Å². The number of piperidine rings is 2. The number of aromatic nitrogens is 7. The summed E-state index contributed by atoms with van der Waals surface area (Å²) in [5, 5.41) is 68.2. The average Bonchev–Trinajstić information content (AvgIpc) is 3.11. The van der Waals surface area contributed by atoms with Gasteiger partial charge in [-0.2, -0.15) is 0 Å². The minimum Gasteiger partial charge on any atom is -0.507 e. The largest absolute Gasteiger partial charge is 0.507 e. The van der Waals surface area contributed by atoms with Gasteiger partial charge in [0.2, 0.25) is 17.7 Å². The Labute approximate surface area is 321 Å². The second-order valence-electron chi connectivity index (χ2n) is 15.9. The summed E-state index contributed by atoms with van der Waals surface area (Å²) < 4.78 is 0. The third kappa shape index (κ3) is 9.43. The van der Waals surface area contributed by atoms with E-state index < -0.39 is 5.60 Å². The quantitative estimate of drug-likeness (QED) is 0.123. The molecule has 6 N–H and O–H groups in total. The summed E-state index contributed by atoms with van der Waals surface area (Å²) in [6.07, 6.45) is 7.41. The number of hydrogen-bond donors (Lipinski definition) is 6. The number of aliphatic hydroxyl groups is 1. The molecule has 2 aromatic heterocycles. The molecule has 292 valence electrons. The summed E-state index contributed by atoms with van der Waals surface area (Å²) in [5.41, 5.74) is 4.22. The molecule has 4 aromatic rings. The smallest absolute Gasteiger partial charge is 0.262 e. The summed E-state index contributed by atoms with van der Waals surface area (Å²) >= 11 is 0. The van der Waals surface area contributed by atoms with Crippen LogP contribution in [0.25, 0.3) is 22.6 Å². The van der Waals surface area contributed by atoms with Crippen LogP contribution in [0.1, 0.15) is 67.2 Å². The fourth-order valence-electron chi connectivity index (χ4n) is 8.39. The molecule has 55 heavy (non-hydrogen) atoms. The number of aromatic hydroxyl groups is 2. The van der Waals surface area contributed by atoms with Crippen LogP contribution >= 0.6 is 0 Å². The third-order valence-corrected chi connectivity index (χ3v) is 11.0. The maximum absolute atomic E-state index is 13.1. The van der Waals surface area contributed by atoms with Crippen LogP contribution in [0.4, 0.5) is 11.9 Å². The lowest BCUT2D eigenvalue weighted by Crippen LogP contribution is -2.57. The van der Waals surface area contributed by atoms with E-state index in [1.54, 1.807) is 18.3 Å². The molecule has 4 heterocycles. The molecule has 7 rings (SSSR count). The van der Waals surface area contributed by atoms with Crippen molar-refractivity contribution in [3.63, 3.8) is 0 Å². The molecule has 0 radical (unpaired) electrons. The minimum atomic E-state index is -0.937. The van der Waals surface area contributed by atoms with Gasteiger partial charge < -0.3 is 36.2 Å². The molecule has 3 fully saturated rings. The predicted octanol–water partition coefficient (Wildman–Crippen LogP) is 3.15. The summed E-state index contributed by atoms with van der Waals surface area (Å²) in [6.45, 7) is 9.45. The lowest BCUT2D eigenvalue weighted by molar-refractivity contribution is -0.127. The zero-order valence-electron chi connectivity index (χ0n) is 32.1. The summed E-state index contributed by atoms with van der Waals surface area (Å²) in [6, 6.07) is 7.49. The molecule has 0 unspecified atom stereocenters. The number of likely N-dealkylation sites (tertiary alicyclic amines) is 2. The highest BCUT2D eigenvalue weighted by Gasteiger charge is 2.43. The highest BCUT2D eigenvalue weighted by molar-refractivity contribution is 5.78. The maximum atomic E-state index is 13.1. The molecular weight excluding hydrogens is 701 g/mol. The van der Waals surface area contributed by atoms with Gasteiger partial charge in [0.1, 0.15) is 17.2 Å². The molecule has 2 aromatic carbocycles. The Balaban J connectivity index is 0.875. The van der Waals surface area contributed by atoms with Crippen LogP contribution in [0.2, 0.25) is 0 Å². The first kappa shape index (κ1) is 38.2. The lowest BCUT2D eigenvalue weighted by Gasteiger charge is -2.44. The van der Waals surface area contributed by atoms with E-state index in [9.17, 15) is 20.1 Å². The van der Waals surface area contributed by atoms with Crippen LogP contribution in [0, 0.1) is 20.8 Å². The van der Waals surface area contributed by atoms with Crippen LogP contribution in [0.15, 0.2) is 30.5 Å². The Morgan fingerprint density at radius 3 is 2.16 bits per heavy atom. The molecule has 16 nitrogen and oxygen atoms in total. The normalized spacial score (nSPS) is 23.2. The number of phenols is 2.